The number of carbonyl (C=O) groups is 1. The van der Waals surface area contributed by atoms with Gasteiger partial charge in [0.2, 0.25) is 0 Å². The summed E-state index contributed by atoms with van der Waals surface area (Å²) in [5.41, 5.74) is 4.73. The van der Waals surface area contributed by atoms with Gasteiger partial charge in [-0.25, -0.2) is 14.8 Å². The molecule has 6 heteroatoms. The van der Waals surface area contributed by atoms with Crippen LogP contribution < -0.4 is 16.4 Å². The Morgan fingerprint density at radius 1 is 1.53 bits per heavy atom. The van der Waals surface area contributed by atoms with Crippen molar-refractivity contribution >= 4 is 11.8 Å². The Labute approximate surface area is 114 Å². The number of urea groups is 1. The molecule has 1 unspecified atom stereocenters. The molecule has 1 aromatic rings. The number of primary amides is 1. The molecule has 0 radical (unpaired) electrons. The third-order valence-electron chi connectivity index (χ3n) is 2.90. The molecule has 6 nitrogen and oxygen atoms in total. The summed E-state index contributed by atoms with van der Waals surface area (Å²) >= 11 is 0. The molecule has 0 aliphatic heterocycles. The molecular weight excluding hydrogens is 242 g/mol. The molecule has 0 saturated carbocycles. The first-order valence-electron chi connectivity index (χ1n) is 6.48. The normalized spacial score (nSPS) is 12.8. The van der Waals surface area contributed by atoms with Crippen LogP contribution in [-0.4, -0.2) is 28.1 Å². The summed E-state index contributed by atoms with van der Waals surface area (Å²) in [4.78, 5) is 19.5. The highest BCUT2D eigenvalue weighted by molar-refractivity contribution is 5.71. The van der Waals surface area contributed by atoms with Crippen LogP contribution in [0.3, 0.4) is 0 Å². The zero-order valence-corrected chi connectivity index (χ0v) is 12.0. The lowest BCUT2D eigenvalue weighted by Gasteiger charge is -2.27. The van der Waals surface area contributed by atoms with Crippen LogP contribution in [0.15, 0.2) is 12.3 Å². The first kappa shape index (κ1) is 15.2. The molecule has 1 rings (SSSR count). The summed E-state index contributed by atoms with van der Waals surface area (Å²) in [6.07, 6.45) is 2.74. The number of carbonyl (C=O) groups excluding carboxylic acids is 1. The summed E-state index contributed by atoms with van der Waals surface area (Å²) in [5.74, 6) is 1.90. The van der Waals surface area contributed by atoms with Gasteiger partial charge in [-0.15, -0.1) is 0 Å². The molecule has 4 N–H and O–H groups in total. The molecule has 0 aliphatic rings. The number of nitrogens with two attached hydrogens (primary N) is 1. The molecular formula is C13H23N5O. The fourth-order valence-electron chi connectivity index (χ4n) is 1.56. The van der Waals surface area contributed by atoms with E-state index in [-0.39, 0.29) is 5.54 Å². The minimum Gasteiger partial charge on any atom is -0.363 e. The van der Waals surface area contributed by atoms with E-state index in [4.69, 9.17) is 5.73 Å². The first-order valence-corrected chi connectivity index (χ1v) is 6.48. The van der Waals surface area contributed by atoms with Crippen molar-refractivity contribution in [1.82, 2.24) is 15.3 Å². The SMILES string of the molecule is CCC(C)c1nccc(NC(C)(C)CNC(N)=O)n1. The monoisotopic (exact) mass is 265 g/mol. The summed E-state index contributed by atoms with van der Waals surface area (Å²) < 4.78 is 0. The van der Waals surface area contributed by atoms with Gasteiger partial charge in [-0.1, -0.05) is 13.8 Å². The van der Waals surface area contributed by atoms with Gasteiger partial charge >= 0.3 is 6.03 Å². The maximum Gasteiger partial charge on any atom is 0.312 e. The van der Waals surface area contributed by atoms with E-state index in [2.05, 4.69) is 34.4 Å². The predicted octanol–water partition coefficient (Wildman–Crippen LogP) is 1.85. The number of nitrogens with one attached hydrogen (secondary N) is 2. The van der Waals surface area contributed by atoms with Gasteiger partial charge in [0.25, 0.3) is 0 Å². The quantitative estimate of drug-likeness (QED) is 0.731. The summed E-state index contributed by atoms with van der Waals surface area (Å²) in [6, 6.07) is 1.29. The van der Waals surface area contributed by atoms with Crippen molar-refractivity contribution in [3.05, 3.63) is 18.1 Å². The second-order valence-electron chi connectivity index (χ2n) is 5.34. The molecule has 0 saturated heterocycles. The highest BCUT2D eigenvalue weighted by Gasteiger charge is 2.19. The molecule has 0 aliphatic carbocycles. The average Bonchev–Trinajstić information content (AvgIpc) is 2.35. The van der Waals surface area contributed by atoms with E-state index in [0.29, 0.717) is 12.5 Å². The fraction of sp³-hybridized carbons (Fsp3) is 0.615. The van der Waals surface area contributed by atoms with E-state index in [9.17, 15) is 4.79 Å². The minimum absolute atomic E-state index is 0.327. The van der Waals surface area contributed by atoms with Crippen LogP contribution in [0.2, 0.25) is 0 Å². The predicted molar refractivity (Wildman–Crippen MR) is 76.0 cm³/mol. The van der Waals surface area contributed by atoms with Gasteiger partial charge in [-0.3, -0.25) is 0 Å². The maximum absolute atomic E-state index is 10.7. The lowest BCUT2D eigenvalue weighted by molar-refractivity contribution is 0.247. The Hall–Kier alpha value is -1.85. The van der Waals surface area contributed by atoms with Crippen molar-refractivity contribution in [2.45, 2.75) is 45.6 Å². The van der Waals surface area contributed by atoms with Crippen LogP contribution in [0, 0.1) is 0 Å². The third kappa shape index (κ3) is 5.11. The van der Waals surface area contributed by atoms with Crippen LogP contribution in [0.4, 0.5) is 10.6 Å². The van der Waals surface area contributed by atoms with Crippen LogP contribution in [0.1, 0.15) is 45.9 Å². The second-order valence-corrected chi connectivity index (χ2v) is 5.34. The van der Waals surface area contributed by atoms with Gasteiger partial charge in [0.15, 0.2) is 0 Å². The van der Waals surface area contributed by atoms with Gasteiger partial charge in [0, 0.05) is 18.7 Å². The van der Waals surface area contributed by atoms with E-state index in [1.54, 1.807) is 6.20 Å². The van der Waals surface area contributed by atoms with Gasteiger partial charge in [-0.2, -0.15) is 0 Å². The number of nitrogens with zero attached hydrogens (tertiary/aromatic N) is 2. The smallest absolute Gasteiger partial charge is 0.312 e. The number of rotatable bonds is 6. The topological polar surface area (TPSA) is 92.9 Å². The van der Waals surface area contributed by atoms with Crippen LogP contribution >= 0.6 is 0 Å². The van der Waals surface area contributed by atoms with Crippen LogP contribution in [-0.2, 0) is 0 Å². The van der Waals surface area contributed by atoms with E-state index >= 15 is 0 Å². The fourth-order valence-corrected chi connectivity index (χ4v) is 1.56. The zero-order valence-electron chi connectivity index (χ0n) is 12.0. The van der Waals surface area contributed by atoms with Gasteiger partial charge in [0.1, 0.15) is 11.6 Å². The molecule has 19 heavy (non-hydrogen) atoms. The molecule has 1 aromatic heterocycles. The lowest BCUT2D eigenvalue weighted by Crippen LogP contribution is -2.45. The second kappa shape index (κ2) is 6.36. The molecule has 0 bridgehead atoms. The summed E-state index contributed by atoms with van der Waals surface area (Å²) in [7, 11) is 0. The molecule has 0 aromatic carbocycles. The van der Waals surface area contributed by atoms with Gasteiger partial charge in [0.05, 0.1) is 5.54 Å². The number of hydrogen-bond acceptors (Lipinski definition) is 4. The highest BCUT2D eigenvalue weighted by Crippen LogP contribution is 2.17. The largest absolute Gasteiger partial charge is 0.363 e. The van der Waals surface area contributed by atoms with Crippen LogP contribution in [0.25, 0.3) is 0 Å². The Kier molecular flexibility index (Phi) is 5.09. The Morgan fingerprint density at radius 2 is 2.21 bits per heavy atom. The zero-order chi connectivity index (χ0) is 14.5. The number of anilines is 1. The lowest BCUT2D eigenvalue weighted by atomic mass is 10.1. The average molecular weight is 265 g/mol. The molecule has 2 amide bonds. The molecule has 1 atom stereocenters. The van der Waals surface area contributed by atoms with Gasteiger partial charge in [-0.05, 0) is 26.3 Å². The molecule has 0 fully saturated rings. The highest BCUT2D eigenvalue weighted by atomic mass is 16.2. The van der Waals surface area contributed by atoms with Crippen molar-refractivity contribution in [1.29, 1.82) is 0 Å². The summed E-state index contributed by atoms with van der Waals surface area (Å²) in [6.45, 7) is 8.56. The van der Waals surface area contributed by atoms with Gasteiger partial charge < -0.3 is 16.4 Å². The van der Waals surface area contributed by atoms with E-state index in [1.807, 2.05) is 19.9 Å². The third-order valence-corrected chi connectivity index (χ3v) is 2.90. The number of hydrogen-bond donors (Lipinski definition) is 3. The minimum atomic E-state index is -0.530. The maximum atomic E-state index is 10.7. The Morgan fingerprint density at radius 3 is 2.79 bits per heavy atom. The van der Waals surface area contributed by atoms with Crippen molar-refractivity contribution in [2.75, 3.05) is 11.9 Å². The summed E-state index contributed by atoms with van der Waals surface area (Å²) in [5, 5.41) is 5.86. The molecule has 0 spiro atoms. The van der Waals surface area contributed by atoms with Crippen LogP contribution in [0.5, 0.6) is 0 Å². The van der Waals surface area contributed by atoms with E-state index in [0.717, 1.165) is 18.1 Å². The number of aromatic nitrogens is 2. The van der Waals surface area contributed by atoms with Crippen molar-refractivity contribution in [2.24, 2.45) is 5.73 Å². The number of amides is 2. The Bertz CT molecular complexity index is 433. The van der Waals surface area contributed by atoms with E-state index < -0.39 is 6.03 Å². The molecule has 106 valence electrons. The first-order chi connectivity index (χ1) is 8.84. The van der Waals surface area contributed by atoms with Crippen molar-refractivity contribution in [3.63, 3.8) is 0 Å². The van der Waals surface area contributed by atoms with Crippen molar-refractivity contribution < 1.29 is 4.79 Å². The van der Waals surface area contributed by atoms with Crippen molar-refractivity contribution in [3.8, 4) is 0 Å². The Balaban J connectivity index is 2.73. The standard InChI is InChI=1S/C13H23N5O/c1-5-9(2)11-15-7-6-10(17-11)18-13(3,4)8-16-12(14)19/h6-7,9H,5,8H2,1-4H3,(H3,14,16,19)(H,15,17,18). The van der Waals surface area contributed by atoms with E-state index in [1.165, 1.54) is 0 Å². The molecule has 1 heterocycles.